The standard InChI is InChI=1S/C28H56NO7P/c1-5-6-7-8-9-10-11-12-13-14-15-16-17-18-19-20-21-22-28(31)34-25-27(30)26-36-37(32,33)35-24-23-29(2,3)4/h10-11,27,30H,5-9,12-26H2,1-4H3/p+1/t27-/m1/s1. The molecule has 0 bridgehead atoms. The lowest BCUT2D eigenvalue weighted by molar-refractivity contribution is -0.870. The lowest BCUT2D eigenvalue weighted by Gasteiger charge is -2.24. The Morgan fingerprint density at radius 3 is 1.86 bits per heavy atom. The molecule has 0 fully saturated rings. The minimum absolute atomic E-state index is 0.0551. The largest absolute Gasteiger partial charge is 0.472 e. The summed E-state index contributed by atoms with van der Waals surface area (Å²) in [7, 11) is 1.56. The monoisotopic (exact) mass is 550 g/mol. The van der Waals surface area contributed by atoms with Crippen molar-refractivity contribution in [2.24, 2.45) is 0 Å². The molecule has 0 aromatic heterocycles. The lowest BCUT2D eigenvalue weighted by atomic mass is 10.1. The molecular weight excluding hydrogens is 493 g/mol. The number of allylic oxidation sites excluding steroid dienone is 2. The Balaban J connectivity index is 3.53. The maximum Gasteiger partial charge on any atom is 0.472 e. The van der Waals surface area contributed by atoms with E-state index in [-0.39, 0.29) is 19.2 Å². The van der Waals surface area contributed by atoms with Crippen LogP contribution in [0, 0.1) is 0 Å². The highest BCUT2D eigenvalue weighted by molar-refractivity contribution is 7.47. The van der Waals surface area contributed by atoms with Crippen LogP contribution in [0.3, 0.4) is 0 Å². The summed E-state index contributed by atoms with van der Waals surface area (Å²) in [4.78, 5) is 21.5. The fourth-order valence-electron chi connectivity index (χ4n) is 3.65. The first kappa shape index (κ1) is 36.2. The van der Waals surface area contributed by atoms with Gasteiger partial charge in [-0.05, 0) is 32.1 Å². The molecule has 0 aliphatic carbocycles. The van der Waals surface area contributed by atoms with E-state index in [0.29, 0.717) is 17.4 Å². The smallest absolute Gasteiger partial charge is 0.463 e. The number of likely N-dealkylation sites (N-methyl/N-ethyl adjacent to an activating group) is 1. The molecule has 9 heteroatoms. The first-order chi connectivity index (χ1) is 17.6. The van der Waals surface area contributed by atoms with E-state index >= 15 is 0 Å². The molecule has 8 nitrogen and oxygen atoms in total. The van der Waals surface area contributed by atoms with Crippen LogP contribution in [-0.2, 0) is 23.1 Å². The number of phosphoric ester groups is 1. The molecule has 2 N–H and O–H groups in total. The van der Waals surface area contributed by atoms with E-state index in [4.69, 9.17) is 13.8 Å². The SMILES string of the molecule is CCCCCCC=CCCCCCCCCCCCC(=O)OC[C@@H](O)COP(=O)(O)OCC[N+](C)(C)C. The molecule has 0 aliphatic heterocycles. The number of aliphatic hydroxyl groups is 1. The first-order valence-electron chi connectivity index (χ1n) is 14.5. The Morgan fingerprint density at radius 2 is 1.32 bits per heavy atom. The third kappa shape index (κ3) is 28.1. The van der Waals surface area contributed by atoms with Crippen LogP contribution in [0.25, 0.3) is 0 Å². The van der Waals surface area contributed by atoms with E-state index in [1.54, 1.807) is 0 Å². The Morgan fingerprint density at radius 1 is 0.811 bits per heavy atom. The molecule has 220 valence electrons. The lowest BCUT2D eigenvalue weighted by Crippen LogP contribution is -2.37. The van der Waals surface area contributed by atoms with Crippen molar-refractivity contribution in [2.75, 3.05) is 47.5 Å². The fraction of sp³-hybridized carbons (Fsp3) is 0.893. The van der Waals surface area contributed by atoms with Gasteiger partial charge in [0.1, 0.15) is 25.9 Å². The van der Waals surface area contributed by atoms with Gasteiger partial charge in [-0.25, -0.2) is 4.57 Å². The number of quaternary nitrogens is 1. The van der Waals surface area contributed by atoms with Gasteiger partial charge in [-0.1, -0.05) is 83.3 Å². The molecule has 0 saturated heterocycles. The van der Waals surface area contributed by atoms with Crippen molar-refractivity contribution in [2.45, 2.75) is 116 Å². The quantitative estimate of drug-likeness (QED) is 0.0414. The summed E-state index contributed by atoms with van der Waals surface area (Å²) in [5.74, 6) is -0.375. The molecule has 0 amide bonds. The second-order valence-electron chi connectivity index (χ2n) is 11.0. The first-order valence-corrected chi connectivity index (χ1v) is 16.0. The minimum atomic E-state index is -4.24. The number of esters is 1. The average molecular weight is 551 g/mol. The van der Waals surface area contributed by atoms with Crippen LogP contribution in [-0.4, -0.2) is 74.1 Å². The zero-order valence-electron chi connectivity index (χ0n) is 24.2. The minimum Gasteiger partial charge on any atom is -0.463 e. The third-order valence-electron chi connectivity index (χ3n) is 6.03. The highest BCUT2D eigenvalue weighted by atomic mass is 31.2. The summed E-state index contributed by atoms with van der Waals surface area (Å²) in [6.07, 6.45) is 22.1. The van der Waals surface area contributed by atoms with Gasteiger partial charge in [0, 0.05) is 6.42 Å². The summed E-state index contributed by atoms with van der Waals surface area (Å²) in [6.45, 7) is 2.12. The molecule has 0 aliphatic rings. The number of rotatable bonds is 26. The highest BCUT2D eigenvalue weighted by Gasteiger charge is 2.24. The van der Waals surface area contributed by atoms with Crippen LogP contribution in [0.4, 0.5) is 0 Å². The number of unbranched alkanes of at least 4 members (excludes halogenated alkanes) is 13. The predicted molar refractivity (Wildman–Crippen MR) is 150 cm³/mol. The number of phosphoric acid groups is 1. The van der Waals surface area contributed by atoms with Crippen LogP contribution < -0.4 is 0 Å². The molecule has 1 unspecified atom stereocenters. The summed E-state index contributed by atoms with van der Waals surface area (Å²) in [6, 6.07) is 0. The van der Waals surface area contributed by atoms with E-state index < -0.39 is 20.5 Å². The van der Waals surface area contributed by atoms with Gasteiger partial charge in [0.15, 0.2) is 0 Å². The maximum absolute atomic E-state index is 11.8. The zero-order valence-corrected chi connectivity index (χ0v) is 25.1. The van der Waals surface area contributed by atoms with Crippen LogP contribution in [0.15, 0.2) is 12.2 Å². The molecular formula is C28H57NO7P+. The summed E-state index contributed by atoms with van der Waals surface area (Å²) in [5, 5.41) is 9.84. The van der Waals surface area contributed by atoms with Crippen molar-refractivity contribution < 1.29 is 37.6 Å². The van der Waals surface area contributed by atoms with Gasteiger partial charge in [0.25, 0.3) is 0 Å². The van der Waals surface area contributed by atoms with Crippen molar-refractivity contribution in [1.82, 2.24) is 0 Å². The normalized spacial score (nSPS) is 14.6. The highest BCUT2D eigenvalue weighted by Crippen LogP contribution is 2.43. The van der Waals surface area contributed by atoms with Crippen molar-refractivity contribution in [3.8, 4) is 0 Å². The van der Waals surface area contributed by atoms with Gasteiger partial charge in [-0.15, -0.1) is 0 Å². The van der Waals surface area contributed by atoms with Gasteiger partial charge in [0.2, 0.25) is 0 Å². The molecule has 0 radical (unpaired) electrons. The predicted octanol–water partition coefficient (Wildman–Crippen LogP) is 6.55. The van der Waals surface area contributed by atoms with E-state index in [0.717, 1.165) is 19.3 Å². The molecule has 0 aromatic carbocycles. The average Bonchev–Trinajstić information content (AvgIpc) is 2.82. The number of hydrogen-bond acceptors (Lipinski definition) is 6. The summed E-state index contributed by atoms with van der Waals surface area (Å²) < 4.78 is 27.1. The van der Waals surface area contributed by atoms with Gasteiger partial charge in [0.05, 0.1) is 27.7 Å². The zero-order chi connectivity index (χ0) is 27.8. The molecule has 0 rings (SSSR count). The molecule has 0 saturated carbocycles. The van der Waals surface area contributed by atoms with Crippen molar-refractivity contribution in [3.63, 3.8) is 0 Å². The van der Waals surface area contributed by atoms with Gasteiger partial charge in [-0.2, -0.15) is 0 Å². The van der Waals surface area contributed by atoms with Gasteiger partial charge in [-0.3, -0.25) is 13.8 Å². The maximum atomic E-state index is 11.8. The van der Waals surface area contributed by atoms with E-state index in [1.165, 1.54) is 77.0 Å². The fourth-order valence-corrected chi connectivity index (χ4v) is 4.40. The molecule has 37 heavy (non-hydrogen) atoms. The van der Waals surface area contributed by atoms with Gasteiger partial charge < -0.3 is 19.2 Å². The molecule has 2 atom stereocenters. The summed E-state index contributed by atoms with van der Waals surface area (Å²) in [5.41, 5.74) is 0. The van der Waals surface area contributed by atoms with E-state index in [1.807, 2.05) is 21.1 Å². The van der Waals surface area contributed by atoms with Crippen molar-refractivity contribution in [3.05, 3.63) is 12.2 Å². The number of carbonyl (C=O) groups excluding carboxylic acids is 1. The molecule has 0 spiro atoms. The number of carbonyl (C=O) groups is 1. The Labute approximate surface area is 227 Å². The number of ether oxygens (including phenoxy) is 1. The van der Waals surface area contributed by atoms with E-state index in [9.17, 15) is 19.4 Å². The van der Waals surface area contributed by atoms with Crippen LogP contribution >= 0.6 is 7.82 Å². The van der Waals surface area contributed by atoms with Gasteiger partial charge >= 0.3 is 13.8 Å². The van der Waals surface area contributed by atoms with Crippen molar-refractivity contribution >= 4 is 13.8 Å². The van der Waals surface area contributed by atoms with Crippen LogP contribution in [0.1, 0.15) is 110 Å². The van der Waals surface area contributed by atoms with Crippen LogP contribution in [0.5, 0.6) is 0 Å². The van der Waals surface area contributed by atoms with E-state index in [2.05, 4.69) is 19.1 Å². The second-order valence-corrected chi connectivity index (χ2v) is 12.4. The molecule has 0 heterocycles. The van der Waals surface area contributed by atoms with Crippen LogP contribution in [0.2, 0.25) is 0 Å². The topological polar surface area (TPSA) is 102 Å². The second kappa shape index (κ2) is 23.2. The number of nitrogens with zero attached hydrogens (tertiary/aromatic N) is 1. The Hall–Kier alpha value is -0.760. The third-order valence-corrected chi connectivity index (χ3v) is 7.01. The Bertz CT molecular complexity index is 622. The number of hydrogen-bond donors (Lipinski definition) is 2. The summed E-state index contributed by atoms with van der Waals surface area (Å²) >= 11 is 0. The Kier molecular flexibility index (Phi) is 22.7. The van der Waals surface area contributed by atoms with Crippen molar-refractivity contribution in [1.29, 1.82) is 0 Å². The number of aliphatic hydroxyl groups excluding tert-OH is 1. The molecule has 0 aromatic rings.